The number of hydrogen-bond donors (Lipinski definition) is 1. The van der Waals surface area contributed by atoms with E-state index in [1.54, 1.807) is 35.0 Å². The number of anilines is 1. The number of tetrazole rings is 1. The van der Waals surface area contributed by atoms with Crippen LogP contribution in [0.2, 0.25) is 0 Å². The summed E-state index contributed by atoms with van der Waals surface area (Å²) in [4.78, 5) is 29.8. The number of para-hydroxylation sites is 2. The maximum Gasteiger partial charge on any atom is 0.272 e. The molecule has 0 bridgehead atoms. The van der Waals surface area contributed by atoms with Crippen molar-refractivity contribution >= 4 is 17.5 Å². The lowest BCUT2D eigenvalue weighted by molar-refractivity contribution is -0.132. The smallest absolute Gasteiger partial charge is 0.272 e. The number of nitrogens with zero attached hydrogens (tertiary/aromatic N) is 5. The molecular weight excluding hydrogens is 512 g/mol. The number of hydrogen-bond acceptors (Lipinski definition) is 8. The number of carbonyl (C=O) groups is 2. The summed E-state index contributed by atoms with van der Waals surface area (Å²) in [6.45, 7) is 1.90. The first-order valence-electron chi connectivity index (χ1n) is 13.5. The number of furan rings is 1. The number of benzene rings is 2. The lowest BCUT2D eigenvalue weighted by Crippen LogP contribution is -2.52. The molecule has 2 amide bonds. The van der Waals surface area contributed by atoms with Crippen molar-refractivity contribution in [3.8, 4) is 17.2 Å². The van der Waals surface area contributed by atoms with E-state index in [0.717, 1.165) is 43.4 Å². The van der Waals surface area contributed by atoms with Crippen molar-refractivity contribution in [3.63, 3.8) is 0 Å². The second-order valence-electron chi connectivity index (χ2n) is 10.1. The molecule has 0 radical (unpaired) electrons. The molecule has 1 aliphatic carbocycles. The third-order valence-electron chi connectivity index (χ3n) is 7.35. The van der Waals surface area contributed by atoms with Crippen molar-refractivity contribution in [2.24, 2.45) is 0 Å². The van der Waals surface area contributed by atoms with Crippen LogP contribution in [0.1, 0.15) is 49.5 Å². The molecule has 1 fully saturated rings. The Kier molecular flexibility index (Phi) is 7.17. The highest BCUT2D eigenvalue weighted by Gasteiger charge is 2.41. The van der Waals surface area contributed by atoms with Crippen molar-refractivity contribution in [2.45, 2.75) is 57.2 Å². The Balaban J connectivity index is 1.40. The minimum atomic E-state index is -1.07. The fourth-order valence-corrected chi connectivity index (χ4v) is 5.37. The maximum absolute atomic E-state index is 14.3. The van der Waals surface area contributed by atoms with Crippen molar-refractivity contribution in [1.29, 1.82) is 0 Å². The lowest BCUT2D eigenvalue weighted by Gasteiger charge is -2.35. The van der Waals surface area contributed by atoms with E-state index in [1.807, 2.05) is 31.2 Å². The molecule has 206 valence electrons. The van der Waals surface area contributed by atoms with Gasteiger partial charge in [-0.2, -0.15) is 0 Å². The quantitative estimate of drug-likeness (QED) is 0.373. The minimum absolute atomic E-state index is 0.00313. The van der Waals surface area contributed by atoms with E-state index in [4.69, 9.17) is 13.9 Å². The molecule has 2 atom stereocenters. The summed E-state index contributed by atoms with van der Waals surface area (Å²) in [6.07, 6.45) is 7.11. The number of aromatic nitrogens is 4. The van der Waals surface area contributed by atoms with Crippen LogP contribution in [0.4, 0.5) is 5.69 Å². The van der Waals surface area contributed by atoms with Crippen LogP contribution < -0.4 is 19.7 Å². The molecule has 2 aromatic heterocycles. The topological polar surface area (TPSA) is 125 Å². The highest BCUT2D eigenvalue weighted by molar-refractivity contribution is 6.03. The van der Waals surface area contributed by atoms with Gasteiger partial charge in [0.2, 0.25) is 6.10 Å². The van der Waals surface area contributed by atoms with E-state index in [0.29, 0.717) is 22.9 Å². The number of aryl methyl sites for hydroxylation is 1. The van der Waals surface area contributed by atoms with Crippen molar-refractivity contribution < 1.29 is 23.5 Å². The molecule has 40 heavy (non-hydrogen) atoms. The van der Waals surface area contributed by atoms with Crippen molar-refractivity contribution in [2.75, 3.05) is 11.5 Å². The van der Waals surface area contributed by atoms with E-state index < -0.39 is 18.1 Å². The molecule has 11 heteroatoms. The molecule has 2 aliphatic rings. The molecule has 1 saturated carbocycles. The van der Waals surface area contributed by atoms with Crippen LogP contribution in [0.5, 0.6) is 11.5 Å². The Morgan fingerprint density at radius 3 is 2.60 bits per heavy atom. The normalized spacial score (nSPS) is 17.7. The van der Waals surface area contributed by atoms with Gasteiger partial charge in [-0.05, 0) is 78.2 Å². The van der Waals surface area contributed by atoms with Crippen LogP contribution in [-0.2, 0) is 9.59 Å². The average molecular weight is 543 g/mol. The van der Waals surface area contributed by atoms with Gasteiger partial charge in [0, 0.05) is 11.7 Å². The number of amides is 2. The molecule has 1 N–H and O–H groups in total. The first-order chi connectivity index (χ1) is 19.6. The van der Waals surface area contributed by atoms with E-state index in [1.165, 1.54) is 17.5 Å². The van der Waals surface area contributed by atoms with Crippen LogP contribution >= 0.6 is 0 Å². The van der Waals surface area contributed by atoms with E-state index in [2.05, 4.69) is 20.8 Å². The first kappa shape index (κ1) is 25.6. The summed E-state index contributed by atoms with van der Waals surface area (Å²) in [6, 6.07) is 15.0. The SMILES string of the molecule is Cc1cc(N(C(=O)C2COc3ccccc3O2)C(C(=O)NC2CCCCC2)c2ccco2)ccc1-n1cnnn1. The number of nitrogens with one attached hydrogen (secondary N) is 1. The van der Waals surface area contributed by atoms with Crippen LogP contribution in [0, 0.1) is 6.92 Å². The second kappa shape index (κ2) is 11.2. The highest BCUT2D eigenvalue weighted by Crippen LogP contribution is 2.35. The molecule has 0 saturated heterocycles. The molecule has 6 rings (SSSR count). The van der Waals surface area contributed by atoms with Gasteiger partial charge in [-0.25, -0.2) is 4.68 Å². The van der Waals surface area contributed by atoms with E-state index >= 15 is 0 Å². The molecule has 2 unspecified atom stereocenters. The monoisotopic (exact) mass is 542 g/mol. The maximum atomic E-state index is 14.3. The summed E-state index contributed by atoms with van der Waals surface area (Å²) in [5.74, 6) is 0.649. The summed E-state index contributed by atoms with van der Waals surface area (Å²) >= 11 is 0. The Labute approximate surface area is 231 Å². The summed E-state index contributed by atoms with van der Waals surface area (Å²) in [5.41, 5.74) is 2.05. The summed E-state index contributed by atoms with van der Waals surface area (Å²) in [5, 5.41) is 14.6. The van der Waals surface area contributed by atoms with Gasteiger partial charge in [-0.1, -0.05) is 31.4 Å². The van der Waals surface area contributed by atoms with Gasteiger partial charge >= 0.3 is 0 Å². The zero-order valence-corrected chi connectivity index (χ0v) is 22.1. The number of ether oxygens (including phenoxy) is 2. The predicted octanol–water partition coefficient (Wildman–Crippen LogP) is 3.93. The zero-order chi connectivity index (χ0) is 27.5. The third kappa shape index (κ3) is 5.14. The Hall–Kier alpha value is -4.67. The Bertz CT molecular complexity index is 1470. The lowest BCUT2D eigenvalue weighted by atomic mass is 9.95. The summed E-state index contributed by atoms with van der Waals surface area (Å²) in [7, 11) is 0. The van der Waals surface area contributed by atoms with Crippen LogP contribution in [0.3, 0.4) is 0 Å². The molecule has 11 nitrogen and oxygen atoms in total. The van der Waals surface area contributed by atoms with Crippen LogP contribution in [0.25, 0.3) is 5.69 Å². The molecule has 4 aromatic rings. The number of fused-ring (bicyclic) bond motifs is 1. The molecule has 1 aliphatic heterocycles. The first-order valence-corrected chi connectivity index (χ1v) is 13.5. The Morgan fingerprint density at radius 2 is 1.88 bits per heavy atom. The van der Waals surface area contributed by atoms with Gasteiger partial charge < -0.3 is 19.2 Å². The van der Waals surface area contributed by atoms with Gasteiger partial charge in [0.1, 0.15) is 18.7 Å². The van der Waals surface area contributed by atoms with Gasteiger partial charge in [0.25, 0.3) is 11.8 Å². The zero-order valence-electron chi connectivity index (χ0n) is 22.1. The largest absolute Gasteiger partial charge is 0.485 e. The predicted molar refractivity (Wildman–Crippen MR) is 144 cm³/mol. The summed E-state index contributed by atoms with van der Waals surface area (Å²) < 4.78 is 19.3. The standard InChI is InChI=1S/C29H30N6O5/c1-19-16-21(13-14-22(19)34-18-30-32-33-34)35(29(37)26-17-39-23-10-5-6-11-24(23)40-26)27(25-12-7-15-38-25)28(36)31-20-8-3-2-4-9-20/h5-7,10-16,18,20,26-27H,2-4,8-9,17H2,1H3,(H,31,36). The van der Waals surface area contributed by atoms with E-state index in [9.17, 15) is 9.59 Å². The molecular formula is C29H30N6O5. The van der Waals surface area contributed by atoms with Crippen LogP contribution in [0.15, 0.2) is 71.6 Å². The van der Waals surface area contributed by atoms with Crippen molar-refractivity contribution in [3.05, 3.63) is 78.5 Å². The van der Waals surface area contributed by atoms with Gasteiger partial charge in [0.15, 0.2) is 17.5 Å². The van der Waals surface area contributed by atoms with Crippen LogP contribution in [-0.4, -0.2) is 50.8 Å². The third-order valence-corrected chi connectivity index (χ3v) is 7.35. The van der Waals surface area contributed by atoms with E-state index in [-0.39, 0.29) is 18.6 Å². The van der Waals surface area contributed by atoms with Gasteiger partial charge in [0.05, 0.1) is 12.0 Å². The molecule has 2 aromatic carbocycles. The fourth-order valence-electron chi connectivity index (χ4n) is 5.37. The van der Waals surface area contributed by atoms with Crippen molar-refractivity contribution in [1.82, 2.24) is 25.5 Å². The Morgan fingerprint density at radius 1 is 1.05 bits per heavy atom. The number of carbonyl (C=O) groups excluding carboxylic acids is 2. The average Bonchev–Trinajstić information content (AvgIpc) is 3.71. The van der Waals surface area contributed by atoms with Gasteiger partial charge in [-0.15, -0.1) is 5.10 Å². The molecule has 3 heterocycles. The van der Waals surface area contributed by atoms with Gasteiger partial charge in [-0.3, -0.25) is 14.5 Å². The highest BCUT2D eigenvalue weighted by atomic mass is 16.6. The molecule has 0 spiro atoms. The number of rotatable bonds is 7. The second-order valence-corrected chi connectivity index (χ2v) is 10.1. The fraction of sp³-hybridized carbons (Fsp3) is 0.345. The minimum Gasteiger partial charge on any atom is -0.485 e.